The molecule has 0 fully saturated rings. The molecule has 25 heavy (non-hydrogen) atoms. The molecule has 0 aliphatic heterocycles. The first-order valence-electron chi connectivity index (χ1n) is 8.46. The van der Waals surface area contributed by atoms with Crippen molar-refractivity contribution in [3.8, 4) is 5.75 Å². The Labute approximate surface area is 149 Å². The lowest BCUT2D eigenvalue weighted by molar-refractivity contribution is -0.159. The summed E-state index contributed by atoms with van der Waals surface area (Å²) in [4.78, 5) is 20.7. The molecule has 0 aliphatic carbocycles. The SMILES string of the molecule is CCCN(CCCCN)CCc1ccccc1OC.O=C(O)C(=O)O. The van der Waals surface area contributed by atoms with Gasteiger partial charge in [0.1, 0.15) is 5.75 Å². The predicted molar refractivity (Wildman–Crippen MR) is 97.0 cm³/mol. The normalized spacial score (nSPS) is 10.1. The third-order valence-corrected chi connectivity index (χ3v) is 3.54. The number of methoxy groups -OCH3 is 1. The van der Waals surface area contributed by atoms with E-state index >= 15 is 0 Å². The van der Waals surface area contributed by atoms with E-state index in [2.05, 4.69) is 24.0 Å². The maximum absolute atomic E-state index is 9.10. The molecule has 1 rings (SSSR count). The number of aliphatic carboxylic acids is 2. The summed E-state index contributed by atoms with van der Waals surface area (Å²) in [5, 5.41) is 14.8. The fourth-order valence-electron chi connectivity index (χ4n) is 2.32. The minimum atomic E-state index is -1.82. The zero-order valence-corrected chi connectivity index (χ0v) is 15.1. The Balaban J connectivity index is 0.000000823. The van der Waals surface area contributed by atoms with Gasteiger partial charge in [-0.05, 0) is 56.9 Å². The maximum atomic E-state index is 9.10. The van der Waals surface area contributed by atoms with Gasteiger partial charge in [-0.2, -0.15) is 0 Å². The van der Waals surface area contributed by atoms with Gasteiger partial charge in [-0.25, -0.2) is 9.59 Å². The van der Waals surface area contributed by atoms with E-state index < -0.39 is 11.9 Å². The minimum Gasteiger partial charge on any atom is -0.496 e. The molecule has 0 saturated heterocycles. The molecule has 0 saturated carbocycles. The van der Waals surface area contributed by atoms with Gasteiger partial charge < -0.3 is 25.6 Å². The molecular formula is C18H30N2O5. The van der Waals surface area contributed by atoms with Gasteiger partial charge in [0.05, 0.1) is 7.11 Å². The van der Waals surface area contributed by atoms with Crippen LogP contribution in [0.4, 0.5) is 0 Å². The van der Waals surface area contributed by atoms with Crippen molar-refractivity contribution in [3.05, 3.63) is 29.8 Å². The number of hydrogen-bond donors (Lipinski definition) is 3. The predicted octanol–water partition coefficient (Wildman–Crippen LogP) is 1.84. The molecule has 0 bridgehead atoms. The first-order chi connectivity index (χ1) is 12.0. The van der Waals surface area contributed by atoms with Gasteiger partial charge in [-0.1, -0.05) is 25.1 Å². The number of carbonyl (C=O) groups is 2. The third-order valence-electron chi connectivity index (χ3n) is 3.54. The lowest BCUT2D eigenvalue weighted by atomic mass is 10.1. The molecule has 0 heterocycles. The Kier molecular flexibility index (Phi) is 13.0. The van der Waals surface area contributed by atoms with E-state index in [0.29, 0.717) is 0 Å². The van der Waals surface area contributed by atoms with Gasteiger partial charge >= 0.3 is 11.9 Å². The standard InChI is InChI=1S/C16H28N2O.C2H2O4/c1-3-12-18(13-7-6-11-17)14-10-15-8-4-5-9-16(15)19-2;3-1(4)2(5)6/h4-5,8-9H,3,6-7,10-14,17H2,1-2H3;(H,3,4)(H,5,6). The fraction of sp³-hybridized carbons (Fsp3) is 0.556. The van der Waals surface area contributed by atoms with Gasteiger partial charge in [-0.15, -0.1) is 0 Å². The van der Waals surface area contributed by atoms with Crippen LogP contribution in [0.3, 0.4) is 0 Å². The quantitative estimate of drug-likeness (QED) is 0.434. The Hall–Kier alpha value is -2.12. The number of nitrogens with zero attached hydrogens (tertiary/aromatic N) is 1. The van der Waals surface area contributed by atoms with Crippen LogP contribution in [0.25, 0.3) is 0 Å². The number of hydrogen-bond acceptors (Lipinski definition) is 5. The molecule has 0 spiro atoms. The van der Waals surface area contributed by atoms with E-state index in [9.17, 15) is 0 Å². The highest BCUT2D eigenvalue weighted by molar-refractivity contribution is 6.27. The summed E-state index contributed by atoms with van der Waals surface area (Å²) in [7, 11) is 1.74. The van der Waals surface area contributed by atoms with Crippen LogP contribution < -0.4 is 10.5 Å². The second-order valence-electron chi connectivity index (χ2n) is 5.51. The van der Waals surface area contributed by atoms with E-state index in [4.69, 9.17) is 30.3 Å². The van der Waals surface area contributed by atoms with Gasteiger partial charge in [0.25, 0.3) is 0 Å². The molecule has 0 aromatic heterocycles. The van der Waals surface area contributed by atoms with Crippen molar-refractivity contribution >= 4 is 11.9 Å². The molecule has 0 unspecified atom stereocenters. The van der Waals surface area contributed by atoms with Gasteiger partial charge in [0.15, 0.2) is 0 Å². The lowest BCUT2D eigenvalue weighted by Gasteiger charge is -2.22. The van der Waals surface area contributed by atoms with E-state index in [1.165, 1.54) is 24.9 Å². The number of carboxylic acid groups (broad SMARTS) is 2. The number of nitrogens with two attached hydrogens (primary N) is 1. The smallest absolute Gasteiger partial charge is 0.414 e. The second kappa shape index (κ2) is 14.2. The van der Waals surface area contributed by atoms with Crippen LogP contribution in [-0.4, -0.2) is 60.3 Å². The molecule has 142 valence electrons. The molecule has 0 aliphatic rings. The number of unbranched alkanes of at least 4 members (excludes halogenated alkanes) is 1. The van der Waals surface area contributed by atoms with Crippen LogP contribution >= 0.6 is 0 Å². The number of benzene rings is 1. The van der Waals surface area contributed by atoms with Crippen molar-refractivity contribution < 1.29 is 24.5 Å². The monoisotopic (exact) mass is 354 g/mol. The van der Waals surface area contributed by atoms with Crippen molar-refractivity contribution in [2.45, 2.75) is 32.6 Å². The number of ether oxygens (including phenoxy) is 1. The van der Waals surface area contributed by atoms with Crippen molar-refractivity contribution in [2.24, 2.45) is 5.73 Å². The highest BCUT2D eigenvalue weighted by atomic mass is 16.5. The van der Waals surface area contributed by atoms with Crippen molar-refractivity contribution in [3.63, 3.8) is 0 Å². The van der Waals surface area contributed by atoms with Crippen LogP contribution in [0.5, 0.6) is 5.75 Å². The zero-order valence-electron chi connectivity index (χ0n) is 15.1. The lowest BCUT2D eigenvalue weighted by Crippen LogP contribution is -2.28. The molecule has 7 nitrogen and oxygen atoms in total. The summed E-state index contributed by atoms with van der Waals surface area (Å²) < 4.78 is 5.40. The van der Waals surface area contributed by atoms with Crippen molar-refractivity contribution in [1.29, 1.82) is 0 Å². The Bertz CT molecular complexity index is 496. The minimum absolute atomic E-state index is 0.798. The molecule has 1 aromatic rings. The fourth-order valence-corrected chi connectivity index (χ4v) is 2.32. The van der Waals surface area contributed by atoms with Crippen molar-refractivity contribution in [2.75, 3.05) is 33.3 Å². The number of rotatable bonds is 10. The highest BCUT2D eigenvalue weighted by Crippen LogP contribution is 2.18. The highest BCUT2D eigenvalue weighted by Gasteiger charge is 2.07. The summed E-state index contributed by atoms with van der Waals surface area (Å²) >= 11 is 0. The van der Waals surface area contributed by atoms with E-state index in [1.807, 2.05) is 12.1 Å². The molecule has 0 radical (unpaired) electrons. The van der Waals surface area contributed by atoms with E-state index in [1.54, 1.807) is 7.11 Å². The molecule has 7 heteroatoms. The maximum Gasteiger partial charge on any atom is 0.414 e. The summed E-state index contributed by atoms with van der Waals surface area (Å²) in [6.07, 6.45) is 4.57. The molecular weight excluding hydrogens is 324 g/mol. The molecule has 4 N–H and O–H groups in total. The summed E-state index contributed by atoms with van der Waals surface area (Å²) in [6.45, 7) is 6.45. The van der Waals surface area contributed by atoms with Crippen LogP contribution in [0.15, 0.2) is 24.3 Å². The van der Waals surface area contributed by atoms with Crippen LogP contribution in [0, 0.1) is 0 Å². The van der Waals surface area contributed by atoms with Crippen LogP contribution in [0.1, 0.15) is 31.7 Å². The first-order valence-corrected chi connectivity index (χ1v) is 8.46. The molecule has 1 aromatic carbocycles. The first kappa shape index (κ1) is 22.9. The molecule has 0 amide bonds. The topological polar surface area (TPSA) is 113 Å². The van der Waals surface area contributed by atoms with Crippen LogP contribution in [-0.2, 0) is 16.0 Å². The second-order valence-corrected chi connectivity index (χ2v) is 5.51. The van der Waals surface area contributed by atoms with Gasteiger partial charge in [-0.3, -0.25) is 0 Å². The summed E-state index contributed by atoms with van der Waals surface area (Å²) in [5.74, 6) is -2.65. The van der Waals surface area contributed by atoms with Gasteiger partial charge in [0, 0.05) is 6.54 Å². The summed E-state index contributed by atoms with van der Waals surface area (Å²) in [5.41, 5.74) is 6.85. The number of carboxylic acids is 2. The Morgan fingerprint density at radius 1 is 1.08 bits per heavy atom. The van der Waals surface area contributed by atoms with E-state index in [-0.39, 0.29) is 0 Å². The Morgan fingerprint density at radius 2 is 1.72 bits per heavy atom. The number of para-hydroxylation sites is 1. The molecule has 0 atom stereocenters. The average molecular weight is 354 g/mol. The zero-order chi connectivity index (χ0) is 19.1. The van der Waals surface area contributed by atoms with E-state index in [0.717, 1.165) is 38.2 Å². The third kappa shape index (κ3) is 11.1. The average Bonchev–Trinajstić information content (AvgIpc) is 2.60. The van der Waals surface area contributed by atoms with Gasteiger partial charge in [0.2, 0.25) is 0 Å². The van der Waals surface area contributed by atoms with Crippen LogP contribution in [0.2, 0.25) is 0 Å². The Morgan fingerprint density at radius 3 is 2.24 bits per heavy atom. The van der Waals surface area contributed by atoms with Crippen molar-refractivity contribution in [1.82, 2.24) is 4.90 Å². The summed E-state index contributed by atoms with van der Waals surface area (Å²) in [6, 6.07) is 8.29. The largest absolute Gasteiger partial charge is 0.496 e.